The number of aromatic amines is 2. The summed E-state index contributed by atoms with van der Waals surface area (Å²) in [6.07, 6.45) is 13.1. The molecule has 4 fully saturated rings. The first-order chi connectivity index (χ1) is 50.2. The van der Waals surface area contributed by atoms with Crippen LogP contribution in [0.1, 0.15) is 148 Å². The minimum Gasteiger partial charge on any atom is -0.459 e. The number of piperidine rings is 2. The van der Waals surface area contributed by atoms with Crippen LogP contribution in [0.4, 0.5) is 26.3 Å². The highest BCUT2D eigenvalue weighted by Gasteiger charge is 2.42. The van der Waals surface area contributed by atoms with Crippen molar-refractivity contribution in [1.82, 2.24) is 59.1 Å². The Morgan fingerprint density at radius 1 is 0.638 bits per heavy atom. The van der Waals surface area contributed by atoms with E-state index >= 15 is 0 Å². The lowest BCUT2D eigenvalue weighted by Gasteiger charge is -2.39. The summed E-state index contributed by atoms with van der Waals surface area (Å²) in [6, 6.07) is 15.7. The van der Waals surface area contributed by atoms with E-state index in [0.717, 1.165) is 67.4 Å². The fourth-order valence-corrected chi connectivity index (χ4v) is 12.4. The van der Waals surface area contributed by atoms with Crippen LogP contribution < -0.4 is 27.1 Å². The average molecular weight is 1460 g/mol. The number of amides is 3. The van der Waals surface area contributed by atoms with Crippen molar-refractivity contribution in [1.29, 1.82) is 0 Å². The number of hydrogen-bond donors (Lipinski definition) is 5. The van der Waals surface area contributed by atoms with E-state index in [2.05, 4.69) is 67.5 Å². The van der Waals surface area contributed by atoms with Crippen molar-refractivity contribution >= 4 is 76.4 Å². The highest BCUT2D eigenvalue weighted by molar-refractivity contribution is 5.91. The molecule has 32 heteroatoms. The van der Waals surface area contributed by atoms with Gasteiger partial charge in [0, 0.05) is 108 Å². The van der Waals surface area contributed by atoms with Crippen molar-refractivity contribution in [3.63, 3.8) is 0 Å². The molecule has 4 aliphatic rings. The van der Waals surface area contributed by atoms with Crippen molar-refractivity contribution < 1.29 is 76.2 Å². The van der Waals surface area contributed by atoms with Crippen LogP contribution in [0.15, 0.2) is 70.8 Å². The smallest absolute Gasteiger partial charge is 0.459 e. The Balaban J connectivity index is 0.000000245. The molecule has 0 spiro atoms. The largest absolute Gasteiger partial charge is 0.508 e. The predicted molar refractivity (Wildman–Crippen MR) is 382 cm³/mol. The third-order valence-electron chi connectivity index (χ3n) is 17.7. The molecule has 4 saturated heterocycles. The van der Waals surface area contributed by atoms with Gasteiger partial charge in [-0.15, -0.1) is 12.8 Å². The molecule has 0 radical (unpaired) electrons. The maximum atomic E-state index is 13.1. The second kappa shape index (κ2) is 36.9. The van der Waals surface area contributed by atoms with E-state index in [1.54, 1.807) is 32.6 Å². The number of fused-ring (bicyclic) bond motifs is 2. The molecule has 4 aliphatic heterocycles. The van der Waals surface area contributed by atoms with Crippen molar-refractivity contribution in [3.05, 3.63) is 104 Å². The molecule has 564 valence electrons. The van der Waals surface area contributed by atoms with Crippen LogP contribution in [0.5, 0.6) is 0 Å². The lowest BCUT2D eigenvalue weighted by Crippen LogP contribution is -2.51. The van der Waals surface area contributed by atoms with Gasteiger partial charge in [-0.2, -0.15) is 9.97 Å². The van der Waals surface area contributed by atoms with Gasteiger partial charge in [0.25, 0.3) is 11.1 Å². The maximum absolute atomic E-state index is 13.1. The zero-order valence-corrected chi connectivity index (χ0v) is 60.7. The van der Waals surface area contributed by atoms with Gasteiger partial charge in [0.05, 0.1) is 12.7 Å². The Labute approximate surface area is 607 Å². The Morgan fingerprint density at radius 2 is 1.10 bits per heavy atom. The van der Waals surface area contributed by atoms with Gasteiger partial charge in [0.2, 0.25) is 23.7 Å². The standard InChI is InChI=1S/C39H51N7O10.C34H43N7O8/c1-8-26-12-14-27(15-13-26)20-44(21-28-11-9-10-16-45(28)37(50)56-39(5,6)7)17-18-52-38(51)53-22-30-29(54-25(4)47)19-31(55-30)46-23-40-32-33(46)41-36(43-35(32)49)42-34(48)24(2)3;1-5-23-9-11-24(12-10-23)17-40(18-25-8-6-7-13-35-25)14-15-46-34(45)47-19-27-26(48-22(4)42)16-28(49-27)41-20-36-29-30(41)37-33(39-32(29)44)38-31(43)21(2)3/h1,12-15,23-24,28-31H,9-11,16-22H2,2-7H3,(H2,41,42,43,48,49);1,9-12,20-21,25-28,35H,6-8,13-19H2,2-4H3,(H2,37,38,39,43,44)/t28?,29?,30-,31-;25?,26?,27-,28-/m11/s1. The monoisotopic (exact) mass is 1450 g/mol. The van der Waals surface area contributed by atoms with E-state index in [-0.39, 0.29) is 109 Å². The number of nitrogens with zero attached hydrogens (tertiary/aromatic N) is 9. The number of carbonyl (C=O) groups excluding carboxylic acids is 7. The Kier molecular flexibility index (Phi) is 27.8. The average Bonchev–Trinajstić information content (AvgIpc) is 1.64. The number of hydrogen-bond acceptors (Lipinski definition) is 25. The zero-order valence-electron chi connectivity index (χ0n) is 60.7. The first kappa shape index (κ1) is 78.9. The molecule has 2 aromatic carbocycles. The van der Waals surface area contributed by atoms with Gasteiger partial charge in [-0.3, -0.25) is 68.3 Å². The summed E-state index contributed by atoms with van der Waals surface area (Å²) in [5.41, 5.74) is 2.29. The Hall–Kier alpha value is -10.2. The summed E-state index contributed by atoms with van der Waals surface area (Å²) < 4.78 is 53.8. The molecule has 10 rings (SSSR count). The molecule has 4 aromatic heterocycles. The van der Waals surface area contributed by atoms with Gasteiger partial charge in [0.15, 0.2) is 22.3 Å². The first-order valence-corrected chi connectivity index (χ1v) is 35.3. The summed E-state index contributed by atoms with van der Waals surface area (Å²) in [5.74, 6) is 2.71. The van der Waals surface area contributed by atoms with E-state index in [9.17, 15) is 43.2 Å². The molecule has 8 heterocycles. The number of esters is 2. The van der Waals surface area contributed by atoms with Gasteiger partial charge < -0.3 is 52.8 Å². The summed E-state index contributed by atoms with van der Waals surface area (Å²) in [4.78, 5) is 141. The summed E-state index contributed by atoms with van der Waals surface area (Å²) >= 11 is 0. The number of nitrogens with one attached hydrogen (secondary N) is 5. The van der Waals surface area contributed by atoms with Gasteiger partial charge >= 0.3 is 30.3 Å². The van der Waals surface area contributed by atoms with Crippen LogP contribution in [0.25, 0.3) is 22.3 Å². The fourth-order valence-electron chi connectivity index (χ4n) is 12.4. The molecule has 105 heavy (non-hydrogen) atoms. The van der Waals surface area contributed by atoms with Crippen molar-refractivity contribution in [2.45, 2.75) is 181 Å². The van der Waals surface area contributed by atoms with Gasteiger partial charge in [-0.25, -0.2) is 24.4 Å². The first-order valence-electron chi connectivity index (χ1n) is 35.3. The number of benzene rings is 2. The third kappa shape index (κ3) is 22.9. The number of terminal acetylenes is 2. The highest BCUT2D eigenvalue weighted by Crippen LogP contribution is 2.35. The Morgan fingerprint density at radius 3 is 1.51 bits per heavy atom. The van der Waals surface area contributed by atoms with E-state index in [1.807, 2.05) is 69.3 Å². The molecule has 6 aromatic rings. The molecule has 0 aliphatic carbocycles. The van der Waals surface area contributed by atoms with Crippen LogP contribution in [-0.2, 0) is 74.9 Å². The molecular formula is C73H94N14O18. The van der Waals surface area contributed by atoms with E-state index < -0.39 is 77.8 Å². The van der Waals surface area contributed by atoms with Crippen LogP contribution in [-0.4, -0.2) is 204 Å². The van der Waals surface area contributed by atoms with Crippen LogP contribution in [0.3, 0.4) is 0 Å². The molecule has 32 nitrogen and oxygen atoms in total. The van der Waals surface area contributed by atoms with Gasteiger partial charge in [0.1, 0.15) is 68.9 Å². The zero-order chi connectivity index (χ0) is 75.5. The predicted octanol–water partition coefficient (Wildman–Crippen LogP) is 7.07. The second-order valence-electron chi connectivity index (χ2n) is 27.7. The number of likely N-dealkylation sites (tertiary alicyclic amines) is 1. The number of rotatable bonds is 26. The summed E-state index contributed by atoms with van der Waals surface area (Å²) in [6.45, 7) is 19.3. The lowest BCUT2D eigenvalue weighted by molar-refractivity contribution is -0.151. The van der Waals surface area contributed by atoms with E-state index in [0.29, 0.717) is 45.3 Å². The van der Waals surface area contributed by atoms with Crippen LogP contribution >= 0.6 is 0 Å². The van der Waals surface area contributed by atoms with Gasteiger partial charge in [-0.1, -0.05) is 70.2 Å². The van der Waals surface area contributed by atoms with Crippen molar-refractivity contribution in [2.75, 3.05) is 76.3 Å². The molecule has 0 bridgehead atoms. The van der Waals surface area contributed by atoms with Crippen LogP contribution in [0.2, 0.25) is 0 Å². The molecule has 0 saturated carbocycles. The number of carbonyl (C=O) groups is 7. The van der Waals surface area contributed by atoms with Crippen molar-refractivity contribution in [3.8, 4) is 24.7 Å². The third-order valence-corrected chi connectivity index (χ3v) is 17.7. The SMILES string of the molecule is C#Cc1ccc(CN(CCOC(=O)OC[C@H]2O[C@@H](n3cnc4c(=O)[nH]c(NC(=O)C(C)C)nc43)CC2OC(C)=O)CC2CCCCN2)cc1.C#Cc1ccc(CN(CCOC(=O)OC[C@H]2O[C@@H](n3cnc4c(=O)[nH]c(NC(=O)C(C)C)nc43)CC2OC(C)=O)CC2CCCCN2C(=O)OC(C)(C)C)cc1. The Bertz CT molecular complexity index is 4200. The molecular weight excluding hydrogens is 1360 g/mol. The van der Waals surface area contributed by atoms with Crippen molar-refractivity contribution in [2.24, 2.45) is 11.8 Å². The molecule has 5 N–H and O–H groups in total. The molecule has 3 amide bonds. The number of ether oxygens (including phenoxy) is 9. The van der Waals surface area contributed by atoms with Crippen LogP contribution in [0, 0.1) is 36.5 Å². The fraction of sp³-hybridized carbons (Fsp3) is 0.548. The number of imidazole rings is 2. The highest BCUT2D eigenvalue weighted by atomic mass is 16.7. The quantitative estimate of drug-likeness (QED) is 0.0206. The van der Waals surface area contributed by atoms with Gasteiger partial charge in [-0.05, 0) is 94.8 Å². The topological polar surface area (TPSA) is 376 Å². The number of anilines is 2. The lowest BCUT2D eigenvalue weighted by atomic mass is 10.0. The van der Waals surface area contributed by atoms with E-state index in [1.165, 1.54) is 42.1 Å². The number of H-pyrrole nitrogens is 2. The van der Waals surface area contributed by atoms with E-state index in [4.69, 9.17) is 55.5 Å². The normalized spacial score (nSPS) is 20.2. The maximum Gasteiger partial charge on any atom is 0.508 e. The summed E-state index contributed by atoms with van der Waals surface area (Å²) in [5, 5.41) is 8.72. The number of aromatic nitrogens is 8. The second-order valence-corrected chi connectivity index (χ2v) is 27.7. The molecule has 4 unspecified atom stereocenters. The summed E-state index contributed by atoms with van der Waals surface area (Å²) in [7, 11) is 0. The minimum absolute atomic E-state index is 0.0150. The molecule has 8 atom stereocenters. The minimum atomic E-state index is -0.947.